The third kappa shape index (κ3) is 4.19. The van der Waals surface area contributed by atoms with Crippen LogP contribution in [-0.2, 0) is 4.74 Å². The highest BCUT2D eigenvalue weighted by molar-refractivity contribution is 14.1. The number of alkyl halides is 1. The van der Waals surface area contributed by atoms with Crippen molar-refractivity contribution in [3.8, 4) is 0 Å². The second-order valence-electron chi connectivity index (χ2n) is 4.94. The summed E-state index contributed by atoms with van der Waals surface area (Å²) in [4.78, 5) is 0. The lowest BCUT2D eigenvalue weighted by molar-refractivity contribution is -0.00707. The molecule has 1 aromatic carbocycles. The molecular formula is C15H20FIO. The largest absolute Gasteiger partial charge is 0.369 e. The van der Waals surface area contributed by atoms with Crippen LogP contribution in [0.4, 0.5) is 4.39 Å². The maximum absolute atomic E-state index is 12.9. The average molecular weight is 362 g/mol. The van der Waals surface area contributed by atoms with Crippen LogP contribution in [0.3, 0.4) is 0 Å². The predicted octanol–water partition coefficient (Wildman–Crippen LogP) is 5.04. The van der Waals surface area contributed by atoms with E-state index < -0.39 is 0 Å². The quantitative estimate of drug-likeness (QED) is 0.414. The molecule has 1 saturated carbocycles. The van der Waals surface area contributed by atoms with E-state index in [1.54, 1.807) is 0 Å². The standard InChI is InChI=1S/C15H20FIO/c16-13-9-7-12(8-10-13)15(11-17)18-14-5-3-1-2-4-6-14/h7-10,14-15H,1-6,11H2. The Hall–Kier alpha value is -0.160. The third-order valence-electron chi connectivity index (χ3n) is 3.54. The lowest BCUT2D eigenvalue weighted by Crippen LogP contribution is -2.17. The summed E-state index contributed by atoms with van der Waals surface area (Å²) in [7, 11) is 0. The lowest BCUT2D eigenvalue weighted by Gasteiger charge is -2.23. The van der Waals surface area contributed by atoms with Crippen molar-refractivity contribution in [2.24, 2.45) is 0 Å². The number of hydrogen-bond acceptors (Lipinski definition) is 1. The monoisotopic (exact) mass is 362 g/mol. The Morgan fingerprint density at radius 3 is 2.28 bits per heavy atom. The molecule has 1 fully saturated rings. The van der Waals surface area contributed by atoms with Crippen molar-refractivity contribution >= 4 is 22.6 Å². The topological polar surface area (TPSA) is 9.23 Å². The first-order chi connectivity index (χ1) is 8.79. The molecule has 0 aromatic heterocycles. The van der Waals surface area contributed by atoms with Gasteiger partial charge in [-0.05, 0) is 30.5 Å². The smallest absolute Gasteiger partial charge is 0.123 e. The van der Waals surface area contributed by atoms with Gasteiger partial charge in [0.25, 0.3) is 0 Å². The van der Waals surface area contributed by atoms with Crippen LogP contribution in [0.5, 0.6) is 0 Å². The predicted molar refractivity (Wildman–Crippen MR) is 80.6 cm³/mol. The Morgan fingerprint density at radius 1 is 1.11 bits per heavy atom. The van der Waals surface area contributed by atoms with E-state index in [9.17, 15) is 4.39 Å². The Bertz CT molecular complexity index is 344. The first-order valence-corrected chi connectivity index (χ1v) is 8.29. The van der Waals surface area contributed by atoms with Crippen molar-refractivity contribution in [3.05, 3.63) is 35.6 Å². The minimum absolute atomic E-state index is 0.106. The molecule has 0 amide bonds. The lowest BCUT2D eigenvalue weighted by atomic mass is 10.1. The highest BCUT2D eigenvalue weighted by Gasteiger charge is 2.19. The van der Waals surface area contributed by atoms with E-state index in [1.807, 2.05) is 12.1 Å². The minimum atomic E-state index is -0.180. The van der Waals surface area contributed by atoms with Gasteiger partial charge in [0.1, 0.15) is 5.82 Å². The summed E-state index contributed by atoms with van der Waals surface area (Å²) in [6.45, 7) is 0. The van der Waals surface area contributed by atoms with Gasteiger partial charge in [-0.2, -0.15) is 0 Å². The molecule has 1 aliphatic carbocycles. The molecule has 100 valence electrons. The zero-order valence-electron chi connectivity index (χ0n) is 10.6. The fourth-order valence-corrected chi connectivity index (χ4v) is 3.21. The molecule has 1 unspecified atom stereocenters. The summed E-state index contributed by atoms with van der Waals surface area (Å²) in [6, 6.07) is 6.72. The molecule has 0 N–H and O–H groups in total. The molecule has 0 spiro atoms. The van der Waals surface area contributed by atoms with Crippen LogP contribution >= 0.6 is 22.6 Å². The molecule has 0 heterocycles. The molecule has 0 aliphatic heterocycles. The van der Waals surface area contributed by atoms with E-state index in [2.05, 4.69) is 22.6 Å². The number of benzene rings is 1. The van der Waals surface area contributed by atoms with Gasteiger partial charge in [0.2, 0.25) is 0 Å². The molecule has 0 radical (unpaired) electrons. The van der Waals surface area contributed by atoms with Crippen LogP contribution in [0.1, 0.15) is 50.2 Å². The Morgan fingerprint density at radius 2 is 1.72 bits per heavy atom. The number of rotatable bonds is 4. The van der Waals surface area contributed by atoms with Crippen molar-refractivity contribution in [2.45, 2.75) is 50.7 Å². The van der Waals surface area contributed by atoms with E-state index in [0.29, 0.717) is 6.10 Å². The minimum Gasteiger partial charge on any atom is -0.369 e. The van der Waals surface area contributed by atoms with Crippen molar-refractivity contribution in [3.63, 3.8) is 0 Å². The third-order valence-corrected chi connectivity index (χ3v) is 4.34. The fraction of sp³-hybridized carbons (Fsp3) is 0.600. The Kier molecular flexibility index (Phi) is 5.89. The van der Waals surface area contributed by atoms with Gasteiger partial charge in [-0.1, -0.05) is 60.4 Å². The first kappa shape index (κ1) is 14.3. The first-order valence-electron chi connectivity index (χ1n) is 6.76. The number of hydrogen-bond donors (Lipinski definition) is 0. The van der Waals surface area contributed by atoms with E-state index in [1.165, 1.54) is 50.7 Å². The summed E-state index contributed by atoms with van der Waals surface area (Å²) in [5.74, 6) is -0.180. The van der Waals surface area contributed by atoms with Crippen molar-refractivity contribution < 1.29 is 9.13 Å². The van der Waals surface area contributed by atoms with Gasteiger partial charge in [-0.25, -0.2) is 4.39 Å². The van der Waals surface area contributed by atoms with Crippen LogP contribution in [0, 0.1) is 5.82 Å². The van der Waals surface area contributed by atoms with E-state index in [0.717, 1.165) is 9.99 Å². The summed E-state index contributed by atoms with van der Waals surface area (Å²) in [6.07, 6.45) is 8.08. The zero-order chi connectivity index (χ0) is 12.8. The van der Waals surface area contributed by atoms with Crippen molar-refractivity contribution in [2.75, 3.05) is 4.43 Å². The molecule has 2 rings (SSSR count). The SMILES string of the molecule is Fc1ccc(C(CI)OC2CCCCCC2)cc1. The van der Waals surface area contributed by atoms with Gasteiger partial charge in [0, 0.05) is 4.43 Å². The van der Waals surface area contributed by atoms with Crippen LogP contribution in [0.2, 0.25) is 0 Å². The highest BCUT2D eigenvalue weighted by atomic mass is 127. The summed E-state index contributed by atoms with van der Waals surface area (Å²) in [5.41, 5.74) is 1.09. The van der Waals surface area contributed by atoms with Gasteiger partial charge >= 0.3 is 0 Å². The van der Waals surface area contributed by atoms with E-state index in [4.69, 9.17) is 4.74 Å². The van der Waals surface area contributed by atoms with Crippen LogP contribution < -0.4 is 0 Å². The van der Waals surface area contributed by atoms with Gasteiger partial charge in [0.15, 0.2) is 0 Å². The molecule has 1 aliphatic rings. The molecule has 1 aromatic rings. The van der Waals surface area contributed by atoms with Crippen molar-refractivity contribution in [1.82, 2.24) is 0 Å². The fourth-order valence-electron chi connectivity index (χ4n) is 2.49. The maximum atomic E-state index is 12.9. The molecule has 18 heavy (non-hydrogen) atoms. The molecule has 1 nitrogen and oxygen atoms in total. The molecule has 0 saturated heterocycles. The molecular weight excluding hydrogens is 342 g/mol. The summed E-state index contributed by atoms with van der Waals surface area (Å²) < 4.78 is 20.1. The van der Waals surface area contributed by atoms with Gasteiger partial charge in [-0.3, -0.25) is 0 Å². The van der Waals surface area contributed by atoms with Crippen LogP contribution in [0.25, 0.3) is 0 Å². The van der Waals surface area contributed by atoms with Crippen LogP contribution in [0.15, 0.2) is 24.3 Å². The van der Waals surface area contributed by atoms with Gasteiger partial charge in [0.05, 0.1) is 12.2 Å². The van der Waals surface area contributed by atoms with E-state index in [-0.39, 0.29) is 11.9 Å². The van der Waals surface area contributed by atoms with E-state index >= 15 is 0 Å². The molecule has 0 bridgehead atoms. The maximum Gasteiger partial charge on any atom is 0.123 e. The van der Waals surface area contributed by atoms with Gasteiger partial charge in [-0.15, -0.1) is 0 Å². The summed E-state index contributed by atoms with van der Waals surface area (Å²) >= 11 is 2.35. The Labute approximate surface area is 122 Å². The number of ether oxygens (including phenoxy) is 1. The Balaban J connectivity index is 1.97. The van der Waals surface area contributed by atoms with Crippen LogP contribution in [-0.4, -0.2) is 10.5 Å². The zero-order valence-corrected chi connectivity index (χ0v) is 12.7. The second-order valence-corrected chi connectivity index (χ2v) is 5.82. The number of halogens is 2. The molecule has 3 heteroatoms. The second kappa shape index (κ2) is 7.43. The normalized spacial score (nSPS) is 19.4. The van der Waals surface area contributed by atoms with Gasteiger partial charge < -0.3 is 4.74 Å². The average Bonchev–Trinajstić information content (AvgIpc) is 2.66. The highest BCUT2D eigenvalue weighted by Crippen LogP contribution is 2.27. The summed E-state index contributed by atoms with van der Waals surface area (Å²) in [5, 5.41) is 0. The van der Waals surface area contributed by atoms with Crippen molar-refractivity contribution in [1.29, 1.82) is 0 Å². The molecule has 1 atom stereocenters.